The zero-order chi connectivity index (χ0) is 14.0. The number of nitrogens with zero attached hydrogens (tertiary/aromatic N) is 1. The summed E-state index contributed by atoms with van der Waals surface area (Å²) in [6, 6.07) is 8.46. The molecule has 0 aliphatic heterocycles. The quantitative estimate of drug-likeness (QED) is 0.905. The van der Waals surface area contributed by atoms with Crippen LogP contribution < -0.4 is 0 Å². The number of nitrogens with one attached hydrogen (secondary N) is 1. The number of H-pyrrole nitrogens is 1. The van der Waals surface area contributed by atoms with Crippen LogP contribution in [0.2, 0.25) is 0 Å². The van der Waals surface area contributed by atoms with Crippen molar-refractivity contribution in [1.82, 2.24) is 9.97 Å². The van der Waals surface area contributed by atoms with Crippen molar-refractivity contribution in [3.63, 3.8) is 0 Å². The van der Waals surface area contributed by atoms with Gasteiger partial charge in [-0.05, 0) is 26.9 Å². The Morgan fingerprint density at radius 2 is 1.84 bits per heavy atom. The fourth-order valence-corrected chi connectivity index (χ4v) is 2.49. The number of imidazole rings is 1. The predicted octanol–water partition coefficient (Wildman–Crippen LogP) is 3.67. The van der Waals surface area contributed by atoms with Gasteiger partial charge in [-0.1, -0.05) is 45.0 Å². The first kappa shape index (κ1) is 14.3. The first-order valence-corrected chi connectivity index (χ1v) is 7.17. The maximum absolute atomic E-state index is 8.94. The molecular weight excluding hydrogens is 304 g/mol. The highest BCUT2D eigenvalue weighted by Crippen LogP contribution is 2.29. The summed E-state index contributed by atoms with van der Waals surface area (Å²) in [5.41, 5.74) is 3.42. The van der Waals surface area contributed by atoms with Crippen LogP contribution in [0.5, 0.6) is 0 Å². The molecule has 0 amide bonds. The molecule has 0 radical (unpaired) electrons. The third kappa shape index (κ3) is 3.25. The lowest BCUT2D eigenvalue weighted by molar-refractivity contribution is 0.297. The molecule has 102 valence electrons. The van der Waals surface area contributed by atoms with E-state index in [9.17, 15) is 0 Å². The Morgan fingerprint density at radius 1 is 1.21 bits per heavy atom. The van der Waals surface area contributed by atoms with Crippen molar-refractivity contribution < 1.29 is 5.11 Å². The van der Waals surface area contributed by atoms with E-state index in [0.717, 1.165) is 21.7 Å². The van der Waals surface area contributed by atoms with Gasteiger partial charge >= 0.3 is 0 Å². The van der Waals surface area contributed by atoms with Crippen molar-refractivity contribution >= 4 is 15.9 Å². The number of aromatic nitrogens is 2. The van der Waals surface area contributed by atoms with Gasteiger partial charge in [0.05, 0.1) is 6.61 Å². The molecule has 0 aliphatic rings. The second-order valence-electron chi connectivity index (χ2n) is 5.65. The third-order valence-electron chi connectivity index (χ3n) is 3.08. The number of benzene rings is 1. The SMILES string of the molecule is CC(C)(C)c1ccc(-c2nc(CCO)[nH]c2Br)cc1. The van der Waals surface area contributed by atoms with E-state index in [2.05, 4.69) is 70.9 Å². The number of aliphatic hydroxyl groups excluding tert-OH is 1. The van der Waals surface area contributed by atoms with Gasteiger partial charge in [0.25, 0.3) is 0 Å². The number of aromatic amines is 1. The molecule has 0 atom stereocenters. The highest BCUT2D eigenvalue weighted by Gasteiger charge is 2.15. The van der Waals surface area contributed by atoms with Crippen LogP contribution in [0.15, 0.2) is 28.9 Å². The molecule has 2 N–H and O–H groups in total. The molecule has 0 spiro atoms. The summed E-state index contributed by atoms with van der Waals surface area (Å²) in [6.45, 7) is 6.70. The van der Waals surface area contributed by atoms with E-state index in [0.29, 0.717) is 6.42 Å². The van der Waals surface area contributed by atoms with E-state index >= 15 is 0 Å². The number of rotatable bonds is 3. The van der Waals surface area contributed by atoms with Crippen molar-refractivity contribution in [3.05, 3.63) is 40.3 Å². The Bertz CT molecular complexity index is 553. The zero-order valence-corrected chi connectivity index (χ0v) is 13.1. The largest absolute Gasteiger partial charge is 0.396 e. The van der Waals surface area contributed by atoms with Gasteiger partial charge < -0.3 is 10.1 Å². The number of halogens is 1. The average molecular weight is 323 g/mol. The van der Waals surface area contributed by atoms with Crippen LogP contribution in [0, 0.1) is 0 Å². The molecule has 4 heteroatoms. The number of aliphatic hydroxyl groups is 1. The number of hydrogen-bond donors (Lipinski definition) is 2. The van der Waals surface area contributed by atoms with Gasteiger partial charge in [0.15, 0.2) is 0 Å². The maximum atomic E-state index is 8.94. The molecule has 2 rings (SSSR count). The summed E-state index contributed by atoms with van der Waals surface area (Å²) in [6.07, 6.45) is 0.540. The lowest BCUT2D eigenvalue weighted by Crippen LogP contribution is -2.10. The van der Waals surface area contributed by atoms with Crippen LogP contribution in [0.3, 0.4) is 0 Å². The van der Waals surface area contributed by atoms with Gasteiger partial charge in [-0.2, -0.15) is 0 Å². The van der Waals surface area contributed by atoms with E-state index in [1.165, 1.54) is 5.56 Å². The second-order valence-corrected chi connectivity index (χ2v) is 6.44. The van der Waals surface area contributed by atoms with Crippen molar-refractivity contribution in [2.75, 3.05) is 6.61 Å². The van der Waals surface area contributed by atoms with Crippen LogP contribution in [0.4, 0.5) is 0 Å². The maximum Gasteiger partial charge on any atom is 0.110 e. The van der Waals surface area contributed by atoms with Crippen LogP contribution in [-0.4, -0.2) is 21.7 Å². The Morgan fingerprint density at radius 3 is 2.37 bits per heavy atom. The van der Waals surface area contributed by atoms with Crippen LogP contribution in [0.25, 0.3) is 11.3 Å². The molecular formula is C15H19BrN2O. The predicted molar refractivity (Wildman–Crippen MR) is 81.2 cm³/mol. The highest BCUT2D eigenvalue weighted by molar-refractivity contribution is 9.10. The fraction of sp³-hybridized carbons (Fsp3) is 0.400. The lowest BCUT2D eigenvalue weighted by atomic mass is 9.86. The van der Waals surface area contributed by atoms with Crippen LogP contribution >= 0.6 is 15.9 Å². The summed E-state index contributed by atoms with van der Waals surface area (Å²) in [4.78, 5) is 7.63. The molecule has 0 unspecified atom stereocenters. The zero-order valence-electron chi connectivity index (χ0n) is 11.5. The minimum atomic E-state index is 0.0996. The normalized spacial score (nSPS) is 11.8. The van der Waals surface area contributed by atoms with E-state index in [4.69, 9.17) is 5.11 Å². The van der Waals surface area contributed by atoms with Gasteiger partial charge in [-0.3, -0.25) is 0 Å². The topological polar surface area (TPSA) is 48.9 Å². The Labute approximate surface area is 122 Å². The Kier molecular flexibility index (Phi) is 4.11. The molecule has 0 fully saturated rings. The molecule has 0 saturated carbocycles. The van der Waals surface area contributed by atoms with E-state index in [-0.39, 0.29) is 12.0 Å². The van der Waals surface area contributed by atoms with Gasteiger partial charge in [0.1, 0.15) is 16.1 Å². The van der Waals surface area contributed by atoms with Gasteiger partial charge in [-0.15, -0.1) is 0 Å². The molecule has 1 aromatic carbocycles. The van der Waals surface area contributed by atoms with Gasteiger partial charge in [0, 0.05) is 12.0 Å². The van der Waals surface area contributed by atoms with Crippen molar-refractivity contribution in [3.8, 4) is 11.3 Å². The molecule has 2 aromatic rings. The molecule has 1 aromatic heterocycles. The van der Waals surface area contributed by atoms with Gasteiger partial charge in [-0.25, -0.2) is 4.98 Å². The summed E-state index contributed by atoms with van der Waals surface area (Å²) < 4.78 is 0.861. The van der Waals surface area contributed by atoms with Crippen molar-refractivity contribution in [2.45, 2.75) is 32.6 Å². The van der Waals surface area contributed by atoms with E-state index < -0.39 is 0 Å². The standard InChI is InChI=1S/C15H19BrN2O/c1-15(2,3)11-6-4-10(5-7-11)13-14(16)18-12(17-13)8-9-19/h4-7,19H,8-9H2,1-3H3,(H,17,18). The van der Waals surface area contributed by atoms with Crippen LogP contribution in [-0.2, 0) is 11.8 Å². The average Bonchev–Trinajstić information content (AvgIpc) is 2.70. The third-order valence-corrected chi connectivity index (χ3v) is 3.66. The second kappa shape index (κ2) is 5.47. The summed E-state index contributed by atoms with van der Waals surface area (Å²) in [7, 11) is 0. The molecule has 0 bridgehead atoms. The summed E-state index contributed by atoms with van der Waals surface area (Å²) in [5.74, 6) is 0.796. The molecule has 19 heavy (non-hydrogen) atoms. The highest BCUT2D eigenvalue weighted by atomic mass is 79.9. The summed E-state index contributed by atoms with van der Waals surface area (Å²) in [5, 5.41) is 8.94. The monoisotopic (exact) mass is 322 g/mol. The first-order valence-electron chi connectivity index (χ1n) is 6.38. The smallest absolute Gasteiger partial charge is 0.110 e. The molecule has 0 saturated heterocycles. The fourth-order valence-electron chi connectivity index (χ4n) is 1.94. The molecule has 0 aliphatic carbocycles. The Balaban J connectivity index is 2.32. The molecule has 1 heterocycles. The summed E-state index contributed by atoms with van der Waals surface area (Å²) >= 11 is 3.48. The lowest BCUT2D eigenvalue weighted by Gasteiger charge is -2.18. The van der Waals surface area contributed by atoms with Gasteiger partial charge in [0.2, 0.25) is 0 Å². The Hall–Kier alpha value is -1.13. The minimum absolute atomic E-state index is 0.0996. The van der Waals surface area contributed by atoms with E-state index in [1.54, 1.807) is 0 Å². The van der Waals surface area contributed by atoms with E-state index in [1.807, 2.05) is 0 Å². The van der Waals surface area contributed by atoms with Crippen LogP contribution in [0.1, 0.15) is 32.2 Å². The van der Waals surface area contributed by atoms with Crippen molar-refractivity contribution in [2.24, 2.45) is 0 Å². The first-order chi connectivity index (χ1) is 8.91. The minimum Gasteiger partial charge on any atom is -0.396 e. The number of hydrogen-bond acceptors (Lipinski definition) is 2. The molecule has 3 nitrogen and oxygen atoms in total. The van der Waals surface area contributed by atoms with Crippen molar-refractivity contribution in [1.29, 1.82) is 0 Å².